The molecule has 1 aliphatic carbocycles. The van der Waals surface area contributed by atoms with Gasteiger partial charge in [-0.1, -0.05) is 61.7 Å². The van der Waals surface area contributed by atoms with Gasteiger partial charge in [0.05, 0.1) is 38.1 Å². The van der Waals surface area contributed by atoms with E-state index in [0.29, 0.717) is 60.1 Å². The van der Waals surface area contributed by atoms with Crippen molar-refractivity contribution in [2.24, 2.45) is 0 Å². The Balaban J connectivity index is 1.47. The highest BCUT2D eigenvalue weighted by molar-refractivity contribution is 7.80. The number of anilines is 1. The number of nitrogens with one attached hydrogen (secondary N) is 2. The molecule has 0 spiro atoms. The minimum atomic E-state index is -4.50. The SMILES string of the molecule is COc1ccc(NC(=O)C2(N(Cc3ccc(C(F)(F)F)cc3)C(=O)CN3C[C@H](c4ccccc4)NC3=S)CCCCC2)c(OC)c1. The maximum absolute atomic E-state index is 14.4. The summed E-state index contributed by atoms with van der Waals surface area (Å²) < 4.78 is 50.8. The highest BCUT2D eigenvalue weighted by Crippen LogP contribution is 2.39. The number of hydrogen-bond acceptors (Lipinski definition) is 5. The van der Waals surface area contributed by atoms with Crippen molar-refractivity contribution in [2.75, 3.05) is 32.6 Å². The van der Waals surface area contributed by atoms with Crippen molar-refractivity contribution in [1.29, 1.82) is 0 Å². The Morgan fingerprint density at radius 1 is 1.00 bits per heavy atom. The molecular weight excluding hydrogens is 617 g/mol. The van der Waals surface area contributed by atoms with E-state index in [9.17, 15) is 22.8 Å². The van der Waals surface area contributed by atoms with Crippen LogP contribution in [0.2, 0.25) is 0 Å². The number of alkyl halides is 3. The van der Waals surface area contributed by atoms with E-state index in [1.165, 1.54) is 26.4 Å². The minimum Gasteiger partial charge on any atom is -0.497 e. The normalized spacial score (nSPS) is 17.6. The number of nitrogens with zero attached hydrogens (tertiary/aromatic N) is 2. The molecule has 3 aromatic carbocycles. The second kappa shape index (κ2) is 14.0. The molecule has 0 bridgehead atoms. The lowest BCUT2D eigenvalue weighted by Crippen LogP contribution is -2.61. The molecule has 3 aromatic rings. The molecule has 1 saturated heterocycles. The lowest BCUT2D eigenvalue weighted by Gasteiger charge is -2.45. The van der Waals surface area contributed by atoms with Crippen molar-refractivity contribution >= 4 is 34.8 Å². The highest BCUT2D eigenvalue weighted by atomic mass is 32.1. The Morgan fingerprint density at radius 2 is 1.70 bits per heavy atom. The van der Waals surface area contributed by atoms with Gasteiger partial charge in [-0.3, -0.25) is 9.59 Å². The number of hydrogen-bond donors (Lipinski definition) is 2. The average molecular weight is 655 g/mol. The molecule has 2 amide bonds. The summed E-state index contributed by atoms with van der Waals surface area (Å²) in [4.78, 5) is 32.1. The molecule has 2 fully saturated rings. The second-order valence-corrected chi connectivity index (χ2v) is 12.0. The first kappa shape index (κ1) is 33.1. The van der Waals surface area contributed by atoms with E-state index in [2.05, 4.69) is 10.6 Å². The maximum atomic E-state index is 14.4. The van der Waals surface area contributed by atoms with Crippen LogP contribution in [-0.4, -0.2) is 59.6 Å². The van der Waals surface area contributed by atoms with Crippen LogP contribution in [-0.2, 0) is 22.3 Å². The topological polar surface area (TPSA) is 83.1 Å². The second-order valence-electron chi connectivity index (χ2n) is 11.6. The third-order valence-electron chi connectivity index (χ3n) is 8.72. The number of carbonyl (C=O) groups is 2. The van der Waals surface area contributed by atoms with Crippen molar-refractivity contribution in [3.8, 4) is 11.5 Å². The standard InChI is InChI=1S/C34H37F3N4O4S/c1-44-26-15-16-27(29(19-26)45-2)38-31(43)33(17-7-4-8-18-33)41(20-23-11-13-25(14-12-23)34(35,36)37)30(42)22-40-21-28(39-32(40)46)24-9-5-3-6-10-24/h3,5-6,9-16,19,28H,4,7-8,17-18,20-22H2,1-2H3,(H,38,43)(H,39,46)/t28-/m1/s1. The zero-order chi connectivity index (χ0) is 32.9. The van der Waals surface area contributed by atoms with Crippen molar-refractivity contribution in [3.05, 3.63) is 89.5 Å². The number of carbonyl (C=O) groups excluding carboxylic acids is 2. The lowest BCUT2D eigenvalue weighted by atomic mass is 9.78. The predicted molar refractivity (Wildman–Crippen MR) is 172 cm³/mol. The van der Waals surface area contributed by atoms with Crippen molar-refractivity contribution in [3.63, 3.8) is 0 Å². The van der Waals surface area contributed by atoms with Crippen LogP contribution in [0.25, 0.3) is 0 Å². The molecule has 46 heavy (non-hydrogen) atoms. The molecule has 2 aliphatic rings. The number of ether oxygens (including phenoxy) is 2. The van der Waals surface area contributed by atoms with Gasteiger partial charge in [-0.2, -0.15) is 13.2 Å². The van der Waals surface area contributed by atoms with Gasteiger partial charge in [-0.15, -0.1) is 0 Å². The summed E-state index contributed by atoms with van der Waals surface area (Å²) in [7, 11) is 3.01. The third-order valence-corrected chi connectivity index (χ3v) is 9.09. The first-order valence-electron chi connectivity index (χ1n) is 15.1. The van der Waals surface area contributed by atoms with Gasteiger partial charge in [0.25, 0.3) is 0 Å². The zero-order valence-electron chi connectivity index (χ0n) is 25.7. The smallest absolute Gasteiger partial charge is 0.416 e. The maximum Gasteiger partial charge on any atom is 0.416 e. The van der Waals surface area contributed by atoms with Gasteiger partial charge in [0.2, 0.25) is 11.8 Å². The molecule has 1 heterocycles. The Morgan fingerprint density at radius 3 is 2.33 bits per heavy atom. The molecule has 0 unspecified atom stereocenters. The van der Waals surface area contributed by atoms with Gasteiger partial charge >= 0.3 is 6.18 Å². The number of halogens is 3. The van der Waals surface area contributed by atoms with E-state index in [0.717, 1.165) is 24.1 Å². The summed E-state index contributed by atoms with van der Waals surface area (Å²) >= 11 is 5.61. The van der Waals surface area contributed by atoms with E-state index >= 15 is 0 Å². The summed E-state index contributed by atoms with van der Waals surface area (Å²) in [6, 6.07) is 19.4. The fourth-order valence-corrected chi connectivity index (χ4v) is 6.49. The number of rotatable bonds is 10. The molecule has 1 saturated carbocycles. The van der Waals surface area contributed by atoms with Gasteiger partial charge in [0, 0.05) is 19.2 Å². The van der Waals surface area contributed by atoms with Gasteiger partial charge in [-0.25, -0.2) is 0 Å². The first-order valence-corrected chi connectivity index (χ1v) is 15.6. The van der Waals surface area contributed by atoms with Crippen LogP contribution in [0, 0.1) is 0 Å². The summed E-state index contributed by atoms with van der Waals surface area (Å²) in [6.07, 6.45) is -1.43. The number of methoxy groups -OCH3 is 2. The summed E-state index contributed by atoms with van der Waals surface area (Å²) in [6.45, 7) is 0.294. The van der Waals surface area contributed by atoms with Crippen LogP contribution >= 0.6 is 12.2 Å². The first-order chi connectivity index (χ1) is 22.0. The Labute approximate surface area is 271 Å². The third kappa shape index (κ3) is 7.22. The van der Waals surface area contributed by atoms with Crippen LogP contribution < -0.4 is 20.1 Å². The van der Waals surface area contributed by atoms with Gasteiger partial charge in [0.15, 0.2) is 5.11 Å². The zero-order valence-corrected chi connectivity index (χ0v) is 26.5. The highest BCUT2D eigenvalue weighted by Gasteiger charge is 2.48. The fourth-order valence-electron chi connectivity index (χ4n) is 6.20. The molecule has 0 radical (unpaired) electrons. The van der Waals surface area contributed by atoms with Crippen LogP contribution in [0.3, 0.4) is 0 Å². The molecule has 2 N–H and O–H groups in total. The van der Waals surface area contributed by atoms with E-state index in [1.807, 2.05) is 30.3 Å². The largest absolute Gasteiger partial charge is 0.497 e. The number of benzene rings is 3. The average Bonchev–Trinajstić information content (AvgIpc) is 3.43. The molecule has 0 aromatic heterocycles. The van der Waals surface area contributed by atoms with Crippen LogP contribution in [0.4, 0.5) is 18.9 Å². The lowest BCUT2D eigenvalue weighted by molar-refractivity contribution is -0.149. The van der Waals surface area contributed by atoms with Crippen LogP contribution in [0.15, 0.2) is 72.8 Å². The van der Waals surface area contributed by atoms with Gasteiger partial charge in [0.1, 0.15) is 17.0 Å². The number of thiocarbonyl (C=S) groups is 1. The van der Waals surface area contributed by atoms with Crippen molar-refractivity contribution in [1.82, 2.24) is 15.1 Å². The van der Waals surface area contributed by atoms with E-state index < -0.39 is 17.3 Å². The van der Waals surface area contributed by atoms with Crippen LogP contribution in [0.5, 0.6) is 11.5 Å². The van der Waals surface area contributed by atoms with E-state index in [4.69, 9.17) is 21.7 Å². The minimum absolute atomic E-state index is 0.0553. The predicted octanol–water partition coefficient (Wildman–Crippen LogP) is 6.32. The summed E-state index contributed by atoms with van der Waals surface area (Å²) in [5, 5.41) is 6.69. The summed E-state index contributed by atoms with van der Waals surface area (Å²) in [5.41, 5.74) is -0.137. The molecule has 5 rings (SSSR count). The molecule has 12 heteroatoms. The van der Waals surface area contributed by atoms with Gasteiger partial charge in [-0.05, 0) is 60.5 Å². The van der Waals surface area contributed by atoms with Crippen LogP contribution in [0.1, 0.15) is 54.8 Å². The quantitative estimate of drug-likeness (QED) is 0.248. The number of amides is 2. The molecule has 244 valence electrons. The Kier molecular flexibility index (Phi) is 10.0. The fraction of sp³-hybridized carbons (Fsp3) is 0.382. The molecule has 1 aliphatic heterocycles. The molecule has 8 nitrogen and oxygen atoms in total. The summed E-state index contributed by atoms with van der Waals surface area (Å²) in [5.74, 6) is 0.196. The Hall–Kier alpha value is -4.32. The molecule has 1 atom stereocenters. The van der Waals surface area contributed by atoms with E-state index in [-0.39, 0.29) is 30.9 Å². The Bertz CT molecular complexity index is 1550. The monoisotopic (exact) mass is 654 g/mol. The molecular formula is C34H37F3N4O4S. The van der Waals surface area contributed by atoms with Crippen molar-refractivity contribution < 1.29 is 32.2 Å². The van der Waals surface area contributed by atoms with E-state index in [1.54, 1.807) is 28.0 Å². The van der Waals surface area contributed by atoms with Crippen molar-refractivity contribution in [2.45, 2.75) is 56.4 Å². The van der Waals surface area contributed by atoms with Gasteiger partial charge < -0.3 is 29.9 Å².